The largest absolute Gasteiger partial charge is 0.243 e. The zero-order chi connectivity index (χ0) is 15.6. The van der Waals surface area contributed by atoms with Crippen molar-refractivity contribution in [2.75, 3.05) is 13.1 Å². The molecule has 1 saturated heterocycles. The van der Waals surface area contributed by atoms with Crippen LogP contribution in [0.25, 0.3) is 0 Å². The van der Waals surface area contributed by atoms with E-state index in [1.165, 1.54) is 0 Å². The Morgan fingerprint density at radius 3 is 2.62 bits per heavy atom. The zero-order valence-electron chi connectivity index (χ0n) is 13.0. The summed E-state index contributed by atoms with van der Waals surface area (Å²) in [6, 6.07) is 3.70. The minimum Gasteiger partial charge on any atom is -0.207 e. The molecular weight excluding hydrogens is 306 g/mol. The van der Waals surface area contributed by atoms with Gasteiger partial charge in [0.05, 0.1) is 4.90 Å². The van der Waals surface area contributed by atoms with Crippen molar-refractivity contribution in [3.05, 3.63) is 28.8 Å². The Balaban J connectivity index is 2.41. The minimum atomic E-state index is -3.42. The first kappa shape index (κ1) is 16.8. The number of halogens is 1. The summed E-state index contributed by atoms with van der Waals surface area (Å²) in [6.45, 7) is 7.25. The van der Waals surface area contributed by atoms with Gasteiger partial charge in [0, 0.05) is 19.0 Å². The monoisotopic (exact) mass is 329 g/mol. The second-order valence-electron chi connectivity index (χ2n) is 6.11. The molecule has 1 aromatic rings. The van der Waals surface area contributed by atoms with Gasteiger partial charge in [-0.2, -0.15) is 4.31 Å². The van der Waals surface area contributed by atoms with E-state index in [4.69, 9.17) is 11.6 Å². The van der Waals surface area contributed by atoms with Gasteiger partial charge in [0.1, 0.15) is 0 Å². The van der Waals surface area contributed by atoms with Crippen LogP contribution >= 0.6 is 11.6 Å². The first-order valence-electron chi connectivity index (χ1n) is 7.52. The van der Waals surface area contributed by atoms with Crippen molar-refractivity contribution in [1.82, 2.24) is 4.31 Å². The summed E-state index contributed by atoms with van der Waals surface area (Å²) in [7, 11) is -3.42. The summed E-state index contributed by atoms with van der Waals surface area (Å²) in [6.07, 6.45) is 2.98. The Morgan fingerprint density at radius 1 is 1.24 bits per heavy atom. The zero-order valence-corrected chi connectivity index (χ0v) is 14.6. The molecule has 1 aromatic carbocycles. The van der Waals surface area contributed by atoms with Crippen molar-refractivity contribution >= 4 is 21.6 Å². The van der Waals surface area contributed by atoms with E-state index in [1.807, 2.05) is 19.9 Å². The highest BCUT2D eigenvalue weighted by molar-refractivity contribution is 7.89. The maximum Gasteiger partial charge on any atom is 0.243 e. The van der Waals surface area contributed by atoms with Crippen molar-refractivity contribution in [1.29, 1.82) is 0 Å². The lowest BCUT2D eigenvalue weighted by Gasteiger charge is -2.22. The number of hydrogen-bond donors (Lipinski definition) is 0. The van der Waals surface area contributed by atoms with Crippen LogP contribution in [0.15, 0.2) is 17.0 Å². The highest BCUT2D eigenvalue weighted by atomic mass is 35.5. The Kier molecular flexibility index (Phi) is 5.33. The highest BCUT2D eigenvalue weighted by Gasteiger charge is 2.28. The number of alkyl halides is 1. The molecule has 2 rings (SSSR count). The molecule has 0 bridgehead atoms. The van der Waals surface area contributed by atoms with E-state index in [9.17, 15) is 8.42 Å². The fourth-order valence-corrected chi connectivity index (χ4v) is 4.86. The average Bonchev–Trinajstić information content (AvgIpc) is 2.66. The molecule has 1 aliphatic heterocycles. The first-order chi connectivity index (χ1) is 9.86. The summed E-state index contributed by atoms with van der Waals surface area (Å²) in [5.41, 5.74) is 2.68. The maximum absolute atomic E-state index is 13.0. The molecule has 1 atom stereocenters. The van der Waals surface area contributed by atoms with Gasteiger partial charge in [-0.05, 0) is 61.8 Å². The van der Waals surface area contributed by atoms with Gasteiger partial charge in [-0.1, -0.05) is 13.0 Å². The summed E-state index contributed by atoms with van der Waals surface area (Å²) < 4.78 is 27.6. The molecule has 1 unspecified atom stereocenters. The van der Waals surface area contributed by atoms with Gasteiger partial charge in [-0.3, -0.25) is 0 Å². The smallest absolute Gasteiger partial charge is 0.207 e. The van der Waals surface area contributed by atoms with Crippen LogP contribution in [0.1, 0.15) is 42.9 Å². The maximum atomic E-state index is 13.0. The van der Waals surface area contributed by atoms with Gasteiger partial charge >= 0.3 is 0 Å². The second kappa shape index (κ2) is 6.67. The van der Waals surface area contributed by atoms with Gasteiger partial charge in [-0.25, -0.2) is 8.42 Å². The third kappa shape index (κ3) is 3.61. The lowest BCUT2D eigenvalue weighted by Crippen LogP contribution is -2.32. The normalized spacial score (nSPS) is 21.2. The quantitative estimate of drug-likeness (QED) is 0.790. The Hall–Kier alpha value is -0.580. The molecule has 1 heterocycles. The fraction of sp³-hybridized carbons (Fsp3) is 0.625. The Morgan fingerprint density at radius 2 is 1.95 bits per heavy atom. The molecule has 118 valence electrons. The van der Waals surface area contributed by atoms with Gasteiger partial charge < -0.3 is 0 Å². The summed E-state index contributed by atoms with van der Waals surface area (Å²) in [4.78, 5) is 0.424. The van der Waals surface area contributed by atoms with E-state index in [-0.39, 0.29) is 0 Å². The van der Waals surface area contributed by atoms with Crippen molar-refractivity contribution in [2.45, 2.75) is 50.8 Å². The number of aryl methyl sites for hydroxylation is 1. The predicted molar refractivity (Wildman–Crippen MR) is 87.2 cm³/mol. The average molecular weight is 330 g/mol. The second-order valence-corrected chi connectivity index (χ2v) is 8.28. The lowest BCUT2D eigenvalue weighted by atomic mass is 10.0. The van der Waals surface area contributed by atoms with Gasteiger partial charge in [0.25, 0.3) is 0 Å². The predicted octanol–water partition coefficient (Wildman–Crippen LogP) is 3.85. The van der Waals surface area contributed by atoms with E-state index in [2.05, 4.69) is 6.92 Å². The van der Waals surface area contributed by atoms with E-state index in [0.717, 1.165) is 36.0 Å². The SMILES string of the molecule is Cc1cc(CCl)cc(S(=O)(=O)N2CCCC(C)CC2)c1C. The van der Waals surface area contributed by atoms with Crippen LogP contribution < -0.4 is 0 Å². The van der Waals surface area contributed by atoms with Gasteiger partial charge in [-0.15, -0.1) is 11.6 Å². The summed E-state index contributed by atoms with van der Waals surface area (Å²) in [5, 5.41) is 0. The van der Waals surface area contributed by atoms with Crippen LogP contribution in [0.3, 0.4) is 0 Å². The van der Waals surface area contributed by atoms with Crippen LogP contribution in [0, 0.1) is 19.8 Å². The molecule has 21 heavy (non-hydrogen) atoms. The molecule has 0 radical (unpaired) electrons. The molecular formula is C16H24ClNO2S. The highest BCUT2D eigenvalue weighted by Crippen LogP contribution is 2.27. The van der Waals surface area contributed by atoms with E-state index in [1.54, 1.807) is 10.4 Å². The molecule has 1 fully saturated rings. The van der Waals surface area contributed by atoms with Crippen molar-refractivity contribution in [3.8, 4) is 0 Å². The lowest BCUT2D eigenvalue weighted by molar-refractivity contribution is 0.416. The fourth-order valence-electron chi connectivity index (χ4n) is 2.86. The van der Waals surface area contributed by atoms with Crippen LogP contribution in [-0.2, 0) is 15.9 Å². The topological polar surface area (TPSA) is 37.4 Å². The van der Waals surface area contributed by atoms with Gasteiger partial charge in [0.2, 0.25) is 10.0 Å². The van der Waals surface area contributed by atoms with Crippen molar-refractivity contribution < 1.29 is 8.42 Å². The van der Waals surface area contributed by atoms with Crippen LogP contribution in [0.2, 0.25) is 0 Å². The third-order valence-electron chi connectivity index (χ3n) is 4.43. The molecule has 0 aliphatic carbocycles. The Labute approximate surface area is 133 Å². The molecule has 5 heteroatoms. The van der Waals surface area contributed by atoms with E-state index >= 15 is 0 Å². The third-order valence-corrected chi connectivity index (χ3v) is 6.76. The van der Waals surface area contributed by atoms with Crippen molar-refractivity contribution in [3.63, 3.8) is 0 Å². The number of hydrogen-bond acceptors (Lipinski definition) is 2. The van der Waals surface area contributed by atoms with Crippen LogP contribution in [-0.4, -0.2) is 25.8 Å². The number of nitrogens with zero attached hydrogens (tertiary/aromatic N) is 1. The molecule has 0 N–H and O–H groups in total. The molecule has 0 spiro atoms. The van der Waals surface area contributed by atoms with E-state index < -0.39 is 10.0 Å². The van der Waals surface area contributed by atoms with Crippen LogP contribution in [0.5, 0.6) is 0 Å². The number of benzene rings is 1. The first-order valence-corrected chi connectivity index (χ1v) is 9.50. The Bertz CT molecular complexity index is 613. The molecule has 0 saturated carbocycles. The molecule has 3 nitrogen and oxygen atoms in total. The number of sulfonamides is 1. The molecule has 0 aromatic heterocycles. The molecule has 0 amide bonds. The standard InChI is InChI=1S/C16H24ClNO2S/c1-12-5-4-7-18(8-6-12)21(19,20)16-10-15(11-17)9-13(2)14(16)3/h9-10,12H,4-8,11H2,1-3H3. The summed E-state index contributed by atoms with van der Waals surface area (Å²) in [5.74, 6) is 0.933. The van der Waals surface area contributed by atoms with E-state index in [0.29, 0.717) is 29.8 Å². The van der Waals surface area contributed by atoms with Crippen LogP contribution in [0.4, 0.5) is 0 Å². The summed E-state index contributed by atoms with van der Waals surface area (Å²) >= 11 is 5.90. The minimum absolute atomic E-state index is 0.334. The van der Waals surface area contributed by atoms with Crippen molar-refractivity contribution in [2.24, 2.45) is 5.92 Å². The molecule has 1 aliphatic rings. The van der Waals surface area contributed by atoms with Gasteiger partial charge in [0.15, 0.2) is 0 Å². The number of rotatable bonds is 3.